The molecule has 0 unspecified atom stereocenters. The fourth-order valence-electron chi connectivity index (χ4n) is 1.65. The van der Waals surface area contributed by atoms with Crippen molar-refractivity contribution in [2.24, 2.45) is 0 Å². The number of phenolic OH excluding ortho intramolecular Hbond substituents is 1. The van der Waals surface area contributed by atoms with Crippen molar-refractivity contribution in [3.63, 3.8) is 0 Å². The molecule has 1 aromatic carbocycles. The van der Waals surface area contributed by atoms with Crippen molar-refractivity contribution in [2.45, 2.75) is 32.7 Å². The summed E-state index contributed by atoms with van der Waals surface area (Å²) < 4.78 is 0. The van der Waals surface area contributed by atoms with Gasteiger partial charge in [0.2, 0.25) is 5.91 Å². The van der Waals surface area contributed by atoms with Crippen molar-refractivity contribution in [3.05, 3.63) is 28.3 Å². The van der Waals surface area contributed by atoms with Gasteiger partial charge in [0.15, 0.2) is 5.69 Å². The minimum absolute atomic E-state index is 0.153. The Labute approximate surface area is 117 Å². The van der Waals surface area contributed by atoms with Crippen LogP contribution in [0.25, 0.3) is 0 Å². The van der Waals surface area contributed by atoms with Crippen LogP contribution in [0.1, 0.15) is 26.7 Å². The number of rotatable bonds is 7. The summed E-state index contributed by atoms with van der Waals surface area (Å²) in [7, 11) is 0. The quantitative estimate of drug-likeness (QED) is 0.307. The molecule has 7 heteroatoms. The van der Waals surface area contributed by atoms with E-state index in [0.717, 1.165) is 0 Å². The number of hydrogen-bond donors (Lipinski definition) is 3. The van der Waals surface area contributed by atoms with Crippen LogP contribution in [-0.2, 0) is 4.79 Å². The van der Waals surface area contributed by atoms with Crippen molar-refractivity contribution in [3.8, 4) is 5.75 Å². The molecule has 0 saturated heterocycles. The third-order valence-electron chi connectivity index (χ3n) is 2.61. The molecule has 0 spiro atoms. The molecule has 1 amide bonds. The number of benzene rings is 1. The second kappa shape index (κ2) is 7.44. The Hall–Kier alpha value is -2.15. The average molecular weight is 281 g/mol. The number of nitro benzene ring substituents is 1. The Bertz CT molecular complexity index is 489. The fourth-order valence-corrected chi connectivity index (χ4v) is 1.65. The average Bonchev–Trinajstić information content (AvgIpc) is 2.36. The minimum Gasteiger partial charge on any atom is -0.505 e. The number of nitro groups is 1. The smallest absolute Gasteiger partial charge is 0.296 e. The number of para-hydroxylation sites is 1. The lowest BCUT2D eigenvalue weighted by molar-refractivity contribution is -0.384. The van der Waals surface area contributed by atoms with E-state index in [4.69, 9.17) is 0 Å². The molecule has 0 heterocycles. The Balaban J connectivity index is 2.60. The second-order valence-electron chi connectivity index (χ2n) is 4.69. The molecule has 110 valence electrons. The number of anilines is 1. The van der Waals surface area contributed by atoms with E-state index in [1.54, 1.807) is 0 Å². The monoisotopic (exact) mass is 281 g/mol. The van der Waals surface area contributed by atoms with Gasteiger partial charge in [0.25, 0.3) is 5.69 Å². The SMILES string of the molecule is CC(C)NCCCC(=O)Nc1c(O)cccc1[N+](=O)[O-]. The van der Waals surface area contributed by atoms with Crippen molar-refractivity contribution in [1.29, 1.82) is 0 Å². The third-order valence-corrected chi connectivity index (χ3v) is 2.61. The summed E-state index contributed by atoms with van der Waals surface area (Å²) in [6.45, 7) is 4.70. The zero-order valence-electron chi connectivity index (χ0n) is 11.5. The highest BCUT2D eigenvalue weighted by molar-refractivity contribution is 5.94. The van der Waals surface area contributed by atoms with E-state index < -0.39 is 4.92 Å². The molecule has 1 aromatic rings. The van der Waals surface area contributed by atoms with E-state index in [9.17, 15) is 20.0 Å². The van der Waals surface area contributed by atoms with Crippen LogP contribution in [-0.4, -0.2) is 28.5 Å². The number of aromatic hydroxyl groups is 1. The van der Waals surface area contributed by atoms with Gasteiger partial charge in [-0.05, 0) is 19.0 Å². The van der Waals surface area contributed by atoms with Gasteiger partial charge in [-0.15, -0.1) is 0 Å². The van der Waals surface area contributed by atoms with Crippen molar-refractivity contribution in [1.82, 2.24) is 5.32 Å². The predicted octanol–water partition coefficient (Wildman–Crippen LogP) is 2.02. The highest BCUT2D eigenvalue weighted by Gasteiger charge is 2.19. The zero-order valence-corrected chi connectivity index (χ0v) is 11.5. The van der Waals surface area contributed by atoms with Crippen molar-refractivity contribution < 1.29 is 14.8 Å². The summed E-state index contributed by atoms with van der Waals surface area (Å²) in [4.78, 5) is 21.9. The number of phenols is 1. The lowest BCUT2D eigenvalue weighted by Gasteiger charge is -2.09. The van der Waals surface area contributed by atoms with E-state index in [-0.39, 0.29) is 29.5 Å². The number of carbonyl (C=O) groups is 1. The Kier molecular flexibility index (Phi) is 5.92. The van der Waals surface area contributed by atoms with Gasteiger partial charge in [0.05, 0.1) is 4.92 Å². The normalized spacial score (nSPS) is 10.6. The lowest BCUT2D eigenvalue weighted by Crippen LogP contribution is -2.24. The van der Waals surface area contributed by atoms with Gasteiger partial charge in [-0.1, -0.05) is 19.9 Å². The number of nitrogens with one attached hydrogen (secondary N) is 2. The second-order valence-corrected chi connectivity index (χ2v) is 4.69. The van der Waals surface area contributed by atoms with Crippen LogP contribution in [0.4, 0.5) is 11.4 Å². The summed E-state index contributed by atoms with van der Waals surface area (Å²) in [5.41, 5.74) is -0.474. The largest absolute Gasteiger partial charge is 0.505 e. The molecule has 0 aliphatic heterocycles. The molecule has 0 aliphatic rings. The minimum atomic E-state index is -0.643. The number of nitrogens with zero attached hydrogens (tertiary/aromatic N) is 1. The lowest BCUT2D eigenvalue weighted by atomic mass is 10.2. The molecule has 20 heavy (non-hydrogen) atoms. The summed E-state index contributed by atoms with van der Waals surface area (Å²) in [6, 6.07) is 4.23. The van der Waals surface area contributed by atoms with Gasteiger partial charge in [-0.25, -0.2) is 0 Å². The topological polar surface area (TPSA) is 104 Å². The summed E-state index contributed by atoms with van der Waals surface area (Å²) in [6.07, 6.45) is 0.844. The van der Waals surface area contributed by atoms with E-state index >= 15 is 0 Å². The first-order valence-corrected chi connectivity index (χ1v) is 6.41. The number of amides is 1. The molecule has 0 radical (unpaired) electrons. The van der Waals surface area contributed by atoms with Crippen LogP contribution >= 0.6 is 0 Å². The highest BCUT2D eigenvalue weighted by atomic mass is 16.6. The fraction of sp³-hybridized carbons (Fsp3) is 0.462. The van der Waals surface area contributed by atoms with Gasteiger partial charge in [0.1, 0.15) is 5.75 Å². The molecule has 0 fully saturated rings. The number of hydrogen-bond acceptors (Lipinski definition) is 5. The van der Waals surface area contributed by atoms with Crippen LogP contribution in [0, 0.1) is 10.1 Å². The van der Waals surface area contributed by atoms with Gasteiger partial charge < -0.3 is 15.7 Å². The van der Waals surface area contributed by atoms with E-state index in [0.29, 0.717) is 19.0 Å². The van der Waals surface area contributed by atoms with Crippen LogP contribution < -0.4 is 10.6 Å². The molecule has 0 bridgehead atoms. The van der Waals surface area contributed by atoms with E-state index in [1.165, 1.54) is 18.2 Å². The molecule has 0 aliphatic carbocycles. The maximum atomic E-state index is 11.7. The first-order valence-electron chi connectivity index (χ1n) is 6.41. The van der Waals surface area contributed by atoms with E-state index in [2.05, 4.69) is 10.6 Å². The van der Waals surface area contributed by atoms with Crippen LogP contribution in [0.3, 0.4) is 0 Å². The molecule has 7 nitrogen and oxygen atoms in total. The Morgan fingerprint density at radius 2 is 2.15 bits per heavy atom. The van der Waals surface area contributed by atoms with Gasteiger partial charge in [-0.3, -0.25) is 14.9 Å². The standard InChI is InChI=1S/C13H19N3O4/c1-9(2)14-8-4-7-12(18)15-13-10(16(19)20)5-3-6-11(13)17/h3,5-6,9,14,17H,4,7-8H2,1-2H3,(H,15,18). The maximum absolute atomic E-state index is 11.7. The maximum Gasteiger partial charge on any atom is 0.296 e. The third kappa shape index (κ3) is 4.85. The first-order chi connectivity index (χ1) is 9.41. The Morgan fingerprint density at radius 1 is 1.45 bits per heavy atom. The summed E-state index contributed by atoms with van der Waals surface area (Å²) in [5.74, 6) is -0.673. The molecule has 3 N–H and O–H groups in total. The van der Waals surface area contributed by atoms with Crippen LogP contribution in [0.15, 0.2) is 18.2 Å². The molecular formula is C13H19N3O4. The van der Waals surface area contributed by atoms with Crippen LogP contribution in [0.2, 0.25) is 0 Å². The van der Waals surface area contributed by atoms with Gasteiger partial charge in [0, 0.05) is 18.5 Å². The first kappa shape index (κ1) is 15.9. The van der Waals surface area contributed by atoms with E-state index in [1.807, 2.05) is 13.8 Å². The van der Waals surface area contributed by atoms with Crippen molar-refractivity contribution in [2.75, 3.05) is 11.9 Å². The predicted molar refractivity (Wildman–Crippen MR) is 75.8 cm³/mol. The molecule has 0 saturated carbocycles. The zero-order chi connectivity index (χ0) is 15.1. The molecule has 1 rings (SSSR count). The molecule has 0 aromatic heterocycles. The summed E-state index contributed by atoms with van der Waals surface area (Å²) >= 11 is 0. The van der Waals surface area contributed by atoms with Crippen LogP contribution in [0.5, 0.6) is 5.75 Å². The summed E-state index contributed by atoms with van der Waals surface area (Å²) in [5, 5.41) is 26.0. The van der Waals surface area contributed by atoms with Crippen molar-refractivity contribution >= 4 is 17.3 Å². The van der Waals surface area contributed by atoms with Gasteiger partial charge in [-0.2, -0.15) is 0 Å². The number of carbonyl (C=O) groups excluding carboxylic acids is 1. The Morgan fingerprint density at radius 3 is 2.75 bits per heavy atom. The highest BCUT2D eigenvalue weighted by Crippen LogP contribution is 2.33. The van der Waals surface area contributed by atoms with Gasteiger partial charge >= 0.3 is 0 Å². The molecular weight excluding hydrogens is 262 g/mol. The molecule has 0 atom stereocenters.